The van der Waals surface area contributed by atoms with Crippen LogP contribution >= 0.6 is 0 Å². The van der Waals surface area contributed by atoms with Crippen LogP contribution in [0.1, 0.15) is 32.1 Å². The summed E-state index contributed by atoms with van der Waals surface area (Å²) in [5, 5.41) is 7.97. The second kappa shape index (κ2) is 6.84. The first kappa shape index (κ1) is 17.4. The van der Waals surface area contributed by atoms with Gasteiger partial charge in [-0.05, 0) is 18.6 Å². The highest BCUT2D eigenvalue weighted by molar-refractivity contribution is 7.91. The van der Waals surface area contributed by atoms with Crippen LogP contribution in [-0.4, -0.2) is 37.4 Å². The number of carbonyl (C=O) groups excluding carboxylic acids is 1. The molecule has 3 rings (SSSR count). The molecule has 25 heavy (non-hydrogen) atoms. The second-order valence-corrected chi connectivity index (χ2v) is 7.90. The largest absolute Gasteiger partial charge is 0.328 e. The average molecular weight is 360 g/mol. The van der Waals surface area contributed by atoms with Gasteiger partial charge in [0.2, 0.25) is 5.91 Å². The molecule has 0 atom stereocenters. The molecule has 1 aromatic carbocycles. The smallest absolute Gasteiger partial charge is 0.274 e. The number of hydrogen-bond acceptors (Lipinski definition) is 5. The Balaban J connectivity index is 1.67. The number of terminal acetylenes is 1. The van der Waals surface area contributed by atoms with Gasteiger partial charge in [-0.25, -0.2) is 4.31 Å². The van der Waals surface area contributed by atoms with Gasteiger partial charge in [0, 0.05) is 38.8 Å². The predicted octanol–water partition coefficient (Wildman–Crippen LogP) is 2.33. The van der Waals surface area contributed by atoms with Crippen molar-refractivity contribution in [3.05, 3.63) is 30.3 Å². The average Bonchev–Trinajstić information content (AvgIpc) is 3.38. The summed E-state index contributed by atoms with van der Waals surface area (Å²) in [6.07, 6.45) is 7.45. The van der Waals surface area contributed by atoms with E-state index in [9.17, 15) is 13.2 Å². The van der Waals surface area contributed by atoms with Gasteiger partial charge in [0.05, 0.1) is 5.69 Å². The predicted molar refractivity (Wildman–Crippen MR) is 93.9 cm³/mol. The zero-order valence-corrected chi connectivity index (χ0v) is 14.7. The lowest BCUT2D eigenvalue weighted by molar-refractivity contribution is -0.127. The third kappa shape index (κ3) is 3.66. The summed E-state index contributed by atoms with van der Waals surface area (Å²) < 4.78 is 27.9. The molecular weight excluding hydrogens is 340 g/mol. The van der Waals surface area contributed by atoms with E-state index in [4.69, 9.17) is 6.42 Å². The zero-order chi connectivity index (χ0) is 17.9. The third-order valence-corrected chi connectivity index (χ3v) is 6.29. The normalized spacial score (nSPS) is 20.1. The molecule has 132 valence electrons. The van der Waals surface area contributed by atoms with E-state index in [-0.39, 0.29) is 13.0 Å². The van der Waals surface area contributed by atoms with E-state index >= 15 is 0 Å². The monoisotopic (exact) mass is 360 g/mol. The van der Waals surface area contributed by atoms with Crippen molar-refractivity contribution < 1.29 is 13.2 Å². The molecule has 0 unspecified atom stereocenters. The fourth-order valence-electron chi connectivity index (χ4n) is 2.92. The van der Waals surface area contributed by atoms with Crippen molar-refractivity contribution in [1.82, 2.24) is 4.31 Å². The number of rotatable bonds is 6. The fraction of sp³-hybridized carbons (Fsp3) is 0.471. The Morgan fingerprint density at radius 2 is 1.92 bits per heavy atom. The second-order valence-electron chi connectivity index (χ2n) is 6.12. The van der Waals surface area contributed by atoms with Gasteiger partial charge in [0.1, 0.15) is 0 Å². The SMILES string of the molecule is C#CCCC1(CCC(=O)N2CCCN(c3ccccc3)S2(=O)=O)N=N1. The quantitative estimate of drug-likeness (QED) is 0.730. The minimum atomic E-state index is -3.86. The maximum absolute atomic E-state index is 12.8. The molecular formula is C17H20N4O3S. The van der Waals surface area contributed by atoms with Crippen LogP contribution in [0.25, 0.3) is 0 Å². The number of amides is 1. The number of para-hydroxylation sites is 1. The molecule has 2 heterocycles. The van der Waals surface area contributed by atoms with Crippen molar-refractivity contribution in [1.29, 1.82) is 0 Å². The first-order valence-electron chi connectivity index (χ1n) is 8.24. The molecule has 0 saturated carbocycles. The van der Waals surface area contributed by atoms with Crippen LogP contribution in [0.5, 0.6) is 0 Å². The lowest BCUT2D eigenvalue weighted by atomic mass is 10.0. The van der Waals surface area contributed by atoms with Crippen molar-refractivity contribution >= 4 is 21.8 Å². The first-order valence-corrected chi connectivity index (χ1v) is 9.64. The fourth-order valence-corrected chi connectivity index (χ4v) is 4.61. The lowest BCUT2D eigenvalue weighted by Crippen LogP contribution is -2.52. The number of anilines is 1. The molecule has 1 aromatic rings. The summed E-state index contributed by atoms with van der Waals surface area (Å²) >= 11 is 0. The van der Waals surface area contributed by atoms with Gasteiger partial charge in [-0.1, -0.05) is 18.2 Å². The summed E-state index contributed by atoms with van der Waals surface area (Å²) in [6.45, 7) is 0.572. The summed E-state index contributed by atoms with van der Waals surface area (Å²) in [7, 11) is -3.86. The van der Waals surface area contributed by atoms with Gasteiger partial charge in [-0.3, -0.25) is 9.10 Å². The molecule has 8 heteroatoms. The van der Waals surface area contributed by atoms with Gasteiger partial charge in [-0.2, -0.15) is 18.6 Å². The summed E-state index contributed by atoms with van der Waals surface area (Å²) in [5.74, 6) is 2.12. The Morgan fingerprint density at radius 3 is 2.56 bits per heavy atom. The molecule has 1 fully saturated rings. The summed E-state index contributed by atoms with van der Waals surface area (Å²) in [6, 6.07) is 8.82. The molecule has 0 spiro atoms. The summed E-state index contributed by atoms with van der Waals surface area (Å²) in [4.78, 5) is 12.5. The molecule has 0 aliphatic carbocycles. The van der Waals surface area contributed by atoms with Crippen molar-refractivity contribution in [2.45, 2.75) is 37.8 Å². The Labute approximate surface area is 147 Å². The molecule has 0 bridgehead atoms. The van der Waals surface area contributed by atoms with Crippen LogP contribution in [0.4, 0.5) is 5.69 Å². The number of carbonyl (C=O) groups is 1. The van der Waals surface area contributed by atoms with E-state index in [1.54, 1.807) is 24.3 Å². The molecule has 1 amide bonds. The molecule has 1 saturated heterocycles. The molecule has 0 aromatic heterocycles. The van der Waals surface area contributed by atoms with E-state index in [0.717, 1.165) is 4.31 Å². The Hall–Kier alpha value is -2.40. The van der Waals surface area contributed by atoms with E-state index in [1.165, 1.54) is 4.31 Å². The van der Waals surface area contributed by atoms with Crippen molar-refractivity contribution in [3.63, 3.8) is 0 Å². The molecule has 0 radical (unpaired) electrons. The van der Waals surface area contributed by atoms with Crippen LogP contribution in [0.15, 0.2) is 40.6 Å². The van der Waals surface area contributed by atoms with Crippen molar-refractivity contribution in [2.24, 2.45) is 10.2 Å². The third-order valence-electron chi connectivity index (χ3n) is 4.39. The highest BCUT2D eigenvalue weighted by Gasteiger charge is 2.42. The maximum atomic E-state index is 12.8. The van der Waals surface area contributed by atoms with Crippen LogP contribution in [-0.2, 0) is 15.0 Å². The van der Waals surface area contributed by atoms with Gasteiger partial charge in [-0.15, -0.1) is 12.3 Å². The van der Waals surface area contributed by atoms with E-state index in [1.807, 2.05) is 6.07 Å². The van der Waals surface area contributed by atoms with Gasteiger partial charge in [0.25, 0.3) is 0 Å². The molecule has 0 N–H and O–H groups in total. The number of benzene rings is 1. The zero-order valence-electron chi connectivity index (χ0n) is 13.8. The van der Waals surface area contributed by atoms with Crippen LogP contribution in [0.3, 0.4) is 0 Å². The van der Waals surface area contributed by atoms with E-state index in [2.05, 4.69) is 16.1 Å². The molecule has 2 aliphatic rings. The highest BCUT2D eigenvalue weighted by atomic mass is 32.2. The number of nitrogens with zero attached hydrogens (tertiary/aromatic N) is 4. The van der Waals surface area contributed by atoms with Crippen molar-refractivity contribution in [2.75, 3.05) is 17.4 Å². The van der Waals surface area contributed by atoms with Gasteiger partial charge >= 0.3 is 10.2 Å². The standard InChI is InChI=1S/C17H20N4O3S/c1-2-3-11-17(18-19-17)12-10-16(22)21-14-7-13-20(25(21,23)24)15-8-5-4-6-9-15/h1,4-6,8-9H,3,7,10-14H2. The van der Waals surface area contributed by atoms with E-state index < -0.39 is 21.8 Å². The highest BCUT2D eigenvalue weighted by Crippen LogP contribution is 2.38. The Kier molecular flexibility index (Phi) is 4.77. The Morgan fingerprint density at radius 1 is 1.20 bits per heavy atom. The topological polar surface area (TPSA) is 82.4 Å². The minimum Gasteiger partial charge on any atom is -0.274 e. The van der Waals surface area contributed by atoms with E-state index in [0.29, 0.717) is 37.9 Å². The molecule has 7 nitrogen and oxygen atoms in total. The van der Waals surface area contributed by atoms with Gasteiger partial charge < -0.3 is 0 Å². The maximum Gasteiger partial charge on any atom is 0.328 e. The number of hydrogen-bond donors (Lipinski definition) is 0. The van der Waals surface area contributed by atoms with Crippen LogP contribution in [0.2, 0.25) is 0 Å². The first-order chi connectivity index (χ1) is 12.0. The Bertz CT molecular complexity index is 808. The van der Waals surface area contributed by atoms with Crippen LogP contribution < -0.4 is 4.31 Å². The summed E-state index contributed by atoms with van der Waals surface area (Å²) in [5.41, 5.74) is -0.0153. The lowest BCUT2D eigenvalue weighted by Gasteiger charge is -2.36. The van der Waals surface area contributed by atoms with Crippen LogP contribution in [0, 0.1) is 12.3 Å². The molecule has 2 aliphatic heterocycles. The minimum absolute atomic E-state index is 0.0828. The van der Waals surface area contributed by atoms with Crippen molar-refractivity contribution in [3.8, 4) is 12.3 Å². The van der Waals surface area contributed by atoms with Gasteiger partial charge in [0.15, 0.2) is 5.66 Å².